The van der Waals surface area contributed by atoms with Crippen molar-refractivity contribution >= 4 is 18.3 Å². The summed E-state index contributed by atoms with van der Waals surface area (Å²) in [7, 11) is 0. The first-order chi connectivity index (χ1) is 8.88. The molecule has 0 saturated carbocycles. The largest absolute Gasteiger partial charge is 0.350 e. The van der Waals surface area contributed by atoms with Crippen molar-refractivity contribution < 1.29 is 4.79 Å². The molecule has 0 aromatic carbocycles. The Morgan fingerprint density at radius 2 is 1.85 bits per heavy atom. The second kappa shape index (κ2) is 7.70. The van der Waals surface area contributed by atoms with E-state index in [1.807, 2.05) is 19.9 Å². The third kappa shape index (κ3) is 4.00. The van der Waals surface area contributed by atoms with E-state index in [2.05, 4.69) is 30.7 Å². The van der Waals surface area contributed by atoms with E-state index in [0.717, 1.165) is 36.3 Å². The van der Waals surface area contributed by atoms with Crippen molar-refractivity contribution in [3.05, 3.63) is 23.0 Å². The smallest absolute Gasteiger partial charge is 0.253 e. The predicted octanol–water partition coefficient (Wildman–Crippen LogP) is 2.79. The average Bonchev–Trinajstić information content (AvgIpc) is 2.70. The number of halogens is 1. The van der Waals surface area contributed by atoms with Gasteiger partial charge in [0.05, 0.1) is 5.56 Å². The third-order valence-corrected chi connectivity index (χ3v) is 4.14. The van der Waals surface area contributed by atoms with E-state index in [9.17, 15) is 4.79 Å². The maximum Gasteiger partial charge on any atom is 0.253 e. The third-order valence-electron chi connectivity index (χ3n) is 4.14. The molecule has 0 atom stereocenters. The van der Waals surface area contributed by atoms with Gasteiger partial charge in [0.25, 0.3) is 5.91 Å². The summed E-state index contributed by atoms with van der Waals surface area (Å²) >= 11 is 0. The number of carbonyl (C=O) groups excluding carboxylic acids is 1. The fraction of sp³-hybridized carbons (Fsp3) is 0.667. The van der Waals surface area contributed by atoms with E-state index in [1.54, 1.807) is 0 Å². The van der Waals surface area contributed by atoms with Crippen LogP contribution in [0.15, 0.2) is 6.07 Å². The lowest BCUT2D eigenvalue weighted by Crippen LogP contribution is -2.49. The summed E-state index contributed by atoms with van der Waals surface area (Å²) in [6, 6.07) is 1.95. The standard InChI is InChI=1S/C15H27N3O.ClH/c1-6-15(16,7-2)10-17-14(19)13-9-11(4)18(8-3)12(13)5;/h9H,6-8,10,16H2,1-5H3,(H,17,19);1H. The SMILES string of the molecule is CCn1c(C)cc(C(=O)NCC(N)(CC)CC)c1C.Cl. The first-order valence-electron chi connectivity index (χ1n) is 7.12. The Morgan fingerprint density at radius 1 is 1.30 bits per heavy atom. The van der Waals surface area contributed by atoms with E-state index in [1.165, 1.54) is 0 Å². The molecular formula is C15H28ClN3O. The first kappa shape index (κ1) is 19.0. The fourth-order valence-electron chi connectivity index (χ4n) is 2.37. The Balaban J connectivity index is 0.00000361. The molecule has 4 nitrogen and oxygen atoms in total. The molecule has 0 aliphatic heterocycles. The highest BCUT2D eigenvalue weighted by Gasteiger charge is 2.22. The van der Waals surface area contributed by atoms with Crippen molar-refractivity contribution in [2.75, 3.05) is 6.54 Å². The maximum absolute atomic E-state index is 12.2. The van der Waals surface area contributed by atoms with Gasteiger partial charge in [-0.3, -0.25) is 4.79 Å². The Morgan fingerprint density at radius 3 is 2.25 bits per heavy atom. The Bertz CT molecular complexity index is 450. The summed E-state index contributed by atoms with van der Waals surface area (Å²) in [5, 5.41) is 2.97. The summed E-state index contributed by atoms with van der Waals surface area (Å²) in [6.45, 7) is 11.6. The monoisotopic (exact) mass is 301 g/mol. The molecule has 1 aromatic heterocycles. The Labute approximate surface area is 128 Å². The molecule has 1 aromatic rings. The molecule has 0 aliphatic carbocycles. The zero-order valence-electron chi connectivity index (χ0n) is 13.2. The van der Waals surface area contributed by atoms with Crippen LogP contribution in [0.1, 0.15) is 55.4 Å². The number of amides is 1. The van der Waals surface area contributed by atoms with Gasteiger partial charge in [0.1, 0.15) is 0 Å². The number of nitrogens with zero attached hydrogens (tertiary/aromatic N) is 1. The normalized spacial score (nSPS) is 11.1. The molecule has 0 radical (unpaired) electrons. The summed E-state index contributed by atoms with van der Waals surface area (Å²) in [4.78, 5) is 12.2. The number of nitrogens with one attached hydrogen (secondary N) is 1. The highest BCUT2D eigenvalue weighted by atomic mass is 35.5. The number of aromatic nitrogens is 1. The van der Waals surface area contributed by atoms with Crippen LogP contribution in [-0.2, 0) is 6.54 Å². The fourth-order valence-corrected chi connectivity index (χ4v) is 2.37. The molecule has 0 saturated heterocycles. The Kier molecular flexibility index (Phi) is 7.31. The minimum Gasteiger partial charge on any atom is -0.350 e. The van der Waals surface area contributed by atoms with Gasteiger partial charge in [-0.05, 0) is 39.7 Å². The van der Waals surface area contributed by atoms with Crippen LogP contribution in [0.3, 0.4) is 0 Å². The quantitative estimate of drug-likeness (QED) is 0.849. The lowest BCUT2D eigenvalue weighted by molar-refractivity contribution is 0.0941. The molecule has 0 spiro atoms. The van der Waals surface area contributed by atoms with Gasteiger partial charge < -0.3 is 15.6 Å². The summed E-state index contributed by atoms with van der Waals surface area (Å²) in [6.07, 6.45) is 1.72. The molecule has 1 amide bonds. The average molecular weight is 302 g/mol. The molecule has 0 unspecified atom stereocenters. The number of hydrogen-bond donors (Lipinski definition) is 2. The lowest BCUT2D eigenvalue weighted by atomic mass is 9.94. The number of rotatable bonds is 6. The maximum atomic E-state index is 12.2. The molecule has 0 fully saturated rings. The number of aryl methyl sites for hydroxylation is 1. The molecular weight excluding hydrogens is 274 g/mol. The zero-order chi connectivity index (χ0) is 14.6. The second-order valence-electron chi connectivity index (χ2n) is 5.28. The van der Waals surface area contributed by atoms with Crippen LogP contribution in [0.2, 0.25) is 0 Å². The van der Waals surface area contributed by atoms with Gasteiger partial charge in [0.15, 0.2) is 0 Å². The first-order valence-corrected chi connectivity index (χ1v) is 7.12. The van der Waals surface area contributed by atoms with Crippen molar-refractivity contribution in [2.24, 2.45) is 5.73 Å². The van der Waals surface area contributed by atoms with Crippen LogP contribution in [0.4, 0.5) is 0 Å². The molecule has 3 N–H and O–H groups in total. The predicted molar refractivity (Wildman–Crippen MR) is 86.7 cm³/mol. The molecule has 1 rings (SSSR count). The number of nitrogens with two attached hydrogens (primary N) is 1. The van der Waals surface area contributed by atoms with Crippen molar-refractivity contribution in [1.29, 1.82) is 0 Å². The van der Waals surface area contributed by atoms with Crippen molar-refractivity contribution in [3.8, 4) is 0 Å². The molecule has 5 heteroatoms. The van der Waals surface area contributed by atoms with E-state index >= 15 is 0 Å². The number of hydrogen-bond acceptors (Lipinski definition) is 2. The zero-order valence-corrected chi connectivity index (χ0v) is 14.1. The van der Waals surface area contributed by atoms with Crippen LogP contribution in [0, 0.1) is 13.8 Å². The van der Waals surface area contributed by atoms with Crippen LogP contribution >= 0.6 is 12.4 Å². The molecule has 116 valence electrons. The van der Waals surface area contributed by atoms with E-state index in [4.69, 9.17) is 5.73 Å². The highest BCUT2D eigenvalue weighted by molar-refractivity contribution is 5.95. The molecule has 20 heavy (non-hydrogen) atoms. The van der Waals surface area contributed by atoms with Crippen LogP contribution in [0.25, 0.3) is 0 Å². The van der Waals surface area contributed by atoms with Crippen molar-refractivity contribution in [3.63, 3.8) is 0 Å². The minimum atomic E-state index is -0.300. The minimum absolute atomic E-state index is 0. The highest BCUT2D eigenvalue weighted by Crippen LogP contribution is 2.15. The summed E-state index contributed by atoms with van der Waals surface area (Å²) < 4.78 is 2.14. The van der Waals surface area contributed by atoms with Crippen molar-refractivity contribution in [2.45, 2.75) is 59.5 Å². The van der Waals surface area contributed by atoms with Crippen LogP contribution in [0.5, 0.6) is 0 Å². The van der Waals surface area contributed by atoms with Gasteiger partial charge >= 0.3 is 0 Å². The molecule has 0 bridgehead atoms. The lowest BCUT2D eigenvalue weighted by Gasteiger charge is -2.26. The second-order valence-corrected chi connectivity index (χ2v) is 5.28. The molecule has 0 aliphatic rings. The van der Waals surface area contributed by atoms with E-state index in [0.29, 0.717) is 6.54 Å². The van der Waals surface area contributed by atoms with Gasteiger partial charge in [0.2, 0.25) is 0 Å². The van der Waals surface area contributed by atoms with Gasteiger partial charge in [-0.25, -0.2) is 0 Å². The topological polar surface area (TPSA) is 60.0 Å². The number of carbonyl (C=O) groups is 1. The summed E-state index contributed by atoms with van der Waals surface area (Å²) in [5.41, 5.74) is 8.80. The molecule has 1 heterocycles. The Hall–Kier alpha value is -1.00. The van der Waals surface area contributed by atoms with E-state index in [-0.39, 0.29) is 23.9 Å². The van der Waals surface area contributed by atoms with Gasteiger partial charge in [-0.15, -0.1) is 12.4 Å². The van der Waals surface area contributed by atoms with Gasteiger partial charge in [-0.1, -0.05) is 13.8 Å². The van der Waals surface area contributed by atoms with Crippen molar-refractivity contribution in [1.82, 2.24) is 9.88 Å². The van der Waals surface area contributed by atoms with Gasteiger partial charge in [0, 0.05) is 30.0 Å². The van der Waals surface area contributed by atoms with Crippen LogP contribution in [-0.4, -0.2) is 22.6 Å². The van der Waals surface area contributed by atoms with E-state index < -0.39 is 0 Å². The summed E-state index contributed by atoms with van der Waals surface area (Å²) in [5.74, 6) is -0.0236. The van der Waals surface area contributed by atoms with Gasteiger partial charge in [-0.2, -0.15) is 0 Å². The van der Waals surface area contributed by atoms with Crippen LogP contribution < -0.4 is 11.1 Å².